The Morgan fingerprint density at radius 1 is 1.26 bits per heavy atom. The van der Waals surface area contributed by atoms with Crippen LogP contribution >= 0.6 is 0 Å². The summed E-state index contributed by atoms with van der Waals surface area (Å²) in [6.45, 7) is 0. The number of methoxy groups -OCH3 is 1. The van der Waals surface area contributed by atoms with Gasteiger partial charge in [-0.3, -0.25) is 0 Å². The molecule has 0 spiro atoms. The van der Waals surface area contributed by atoms with E-state index in [0.717, 1.165) is 16.9 Å². The van der Waals surface area contributed by atoms with Crippen LogP contribution in [0.5, 0.6) is 5.75 Å². The van der Waals surface area contributed by atoms with Crippen molar-refractivity contribution in [3.8, 4) is 17.1 Å². The summed E-state index contributed by atoms with van der Waals surface area (Å²) in [5.74, 6) is 2.32. The largest absolute Gasteiger partial charge is 0.497 e. The zero-order valence-electron chi connectivity index (χ0n) is 12.2. The number of rotatable bonds is 4. The maximum atomic E-state index is 5.32. The normalized spacial score (nSPS) is 11.0. The Morgan fingerprint density at radius 2 is 2.22 bits per heavy atom. The average Bonchev–Trinajstić information content (AvgIpc) is 3.24. The van der Waals surface area contributed by atoms with Crippen molar-refractivity contribution in [3.63, 3.8) is 0 Å². The summed E-state index contributed by atoms with van der Waals surface area (Å²) in [4.78, 5) is 12.6. The highest BCUT2D eigenvalue weighted by Crippen LogP contribution is 2.21. The maximum absolute atomic E-state index is 5.32. The van der Waals surface area contributed by atoms with E-state index in [-0.39, 0.29) is 0 Å². The highest BCUT2D eigenvalue weighted by molar-refractivity contribution is 5.56. The van der Waals surface area contributed by atoms with E-state index in [9.17, 15) is 0 Å². The summed E-state index contributed by atoms with van der Waals surface area (Å²) in [5, 5.41) is 8.07. The van der Waals surface area contributed by atoms with Gasteiger partial charge in [0.15, 0.2) is 0 Å². The van der Waals surface area contributed by atoms with Gasteiger partial charge in [-0.15, -0.1) is 0 Å². The molecule has 4 aromatic rings. The molecule has 0 aliphatic carbocycles. The van der Waals surface area contributed by atoms with E-state index in [1.165, 1.54) is 6.33 Å². The molecule has 1 aromatic carbocycles. The van der Waals surface area contributed by atoms with Crippen LogP contribution in [0, 0.1) is 0 Å². The number of hydrogen-bond acceptors (Lipinski definition) is 7. The molecule has 3 heterocycles. The smallest absolute Gasteiger partial charge is 0.252 e. The minimum Gasteiger partial charge on any atom is -0.497 e. The van der Waals surface area contributed by atoms with Crippen molar-refractivity contribution in [2.24, 2.45) is 0 Å². The van der Waals surface area contributed by atoms with Crippen LogP contribution in [0.1, 0.15) is 11.5 Å². The van der Waals surface area contributed by atoms with Crippen LogP contribution in [0.25, 0.3) is 17.2 Å². The fraction of sp³-hybridized carbons (Fsp3) is 0.133. The fourth-order valence-electron chi connectivity index (χ4n) is 2.23. The van der Waals surface area contributed by atoms with Gasteiger partial charge >= 0.3 is 0 Å². The molecule has 4 rings (SSSR count). The Hall–Kier alpha value is -3.29. The van der Waals surface area contributed by atoms with E-state index in [1.54, 1.807) is 17.8 Å². The summed E-state index contributed by atoms with van der Waals surface area (Å²) in [7, 11) is 1.62. The van der Waals surface area contributed by atoms with Crippen molar-refractivity contribution in [1.29, 1.82) is 0 Å². The van der Waals surface area contributed by atoms with E-state index in [1.807, 2.05) is 30.5 Å². The Labute approximate surface area is 130 Å². The van der Waals surface area contributed by atoms with Crippen molar-refractivity contribution >= 4 is 5.78 Å². The van der Waals surface area contributed by atoms with Crippen LogP contribution in [-0.4, -0.2) is 36.8 Å². The third kappa shape index (κ3) is 2.61. The van der Waals surface area contributed by atoms with Gasteiger partial charge < -0.3 is 9.26 Å². The van der Waals surface area contributed by atoms with Gasteiger partial charge in [0.1, 0.15) is 12.1 Å². The van der Waals surface area contributed by atoms with Gasteiger partial charge in [-0.2, -0.15) is 15.1 Å². The molecule has 114 valence electrons. The summed E-state index contributed by atoms with van der Waals surface area (Å²) >= 11 is 0. The summed E-state index contributed by atoms with van der Waals surface area (Å²) < 4.78 is 12.1. The molecule has 8 heteroatoms. The first-order valence-electron chi connectivity index (χ1n) is 6.93. The summed E-state index contributed by atoms with van der Waals surface area (Å²) in [5.41, 5.74) is 1.74. The van der Waals surface area contributed by atoms with E-state index in [4.69, 9.17) is 9.26 Å². The van der Waals surface area contributed by atoms with Gasteiger partial charge in [-0.05, 0) is 17.7 Å². The topological polar surface area (TPSA) is 91.2 Å². The molecular weight excluding hydrogens is 296 g/mol. The van der Waals surface area contributed by atoms with E-state index >= 15 is 0 Å². The lowest BCUT2D eigenvalue weighted by Gasteiger charge is -1.99. The Balaban J connectivity index is 1.59. The molecule has 0 radical (unpaired) electrons. The second kappa shape index (κ2) is 5.48. The third-order valence-electron chi connectivity index (χ3n) is 3.34. The predicted molar refractivity (Wildman–Crippen MR) is 79.9 cm³/mol. The number of benzene rings is 1. The van der Waals surface area contributed by atoms with Crippen LogP contribution in [0.4, 0.5) is 0 Å². The van der Waals surface area contributed by atoms with Gasteiger partial charge in [-0.25, -0.2) is 9.50 Å². The first kappa shape index (κ1) is 13.4. The molecule has 0 N–H and O–H groups in total. The summed E-state index contributed by atoms with van der Waals surface area (Å²) in [6, 6.07) is 7.51. The van der Waals surface area contributed by atoms with Gasteiger partial charge in [0.25, 0.3) is 5.78 Å². The molecule has 0 fully saturated rings. The van der Waals surface area contributed by atoms with Crippen molar-refractivity contribution in [1.82, 2.24) is 29.7 Å². The monoisotopic (exact) mass is 308 g/mol. The van der Waals surface area contributed by atoms with Crippen LogP contribution < -0.4 is 4.74 Å². The fourth-order valence-corrected chi connectivity index (χ4v) is 2.23. The molecule has 0 aliphatic heterocycles. The highest BCUT2D eigenvalue weighted by Gasteiger charge is 2.11. The first-order valence-corrected chi connectivity index (χ1v) is 6.93. The molecular formula is C15H12N6O2. The number of aromatic nitrogens is 6. The standard InChI is InChI=1S/C15H12N6O2/c1-22-12-4-2-3-11(6-12)14-19-13(23-20-14)5-10-7-16-15-17-9-18-21(15)8-10/h2-4,6-9H,5H2,1H3. The van der Waals surface area contributed by atoms with E-state index < -0.39 is 0 Å². The average molecular weight is 308 g/mol. The molecule has 0 saturated heterocycles. The maximum Gasteiger partial charge on any atom is 0.252 e. The number of nitrogens with zero attached hydrogens (tertiary/aromatic N) is 6. The number of ether oxygens (including phenoxy) is 1. The Kier molecular flexibility index (Phi) is 3.19. The lowest BCUT2D eigenvalue weighted by molar-refractivity contribution is 0.385. The zero-order valence-corrected chi connectivity index (χ0v) is 12.2. The van der Waals surface area contributed by atoms with Crippen LogP contribution in [0.2, 0.25) is 0 Å². The second-order valence-electron chi connectivity index (χ2n) is 4.89. The molecule has 0 atom stereocenters. The molecule has 0 aliphatic rings. The molecule has 0 amide bonds. The van der Waals surface area contributed by atoms with Crippen molar-refractivity contribution in [2.45, 2.75) is 6.42 Å². The molecule has 0 unspecified atom stereocenters. The minimum absolute atomic E-state index is 0.472. The quantitative estimate of drug-likeness (QED) is 0.567. The zero-order chi connectivity index (χ0) is 15.6. The van der Waals surface area contributed by atoms with E-state index in [0.29, 0.717) is 23.9 Å². The molecule has 23 heavy (non-hydrogen) atoms. The van der Waals surface area contributed by atoms with Crippen LogP contribution in [0.15, 0.2) is 47.5 Å². The van der Waals surface area contributed by atoms with Gasteiger partial charge in [0.05, 0.1) is 13.5 Å². The van der Waals surface area contributed by atoms with Crippen molar-refractivity contribution in [2.75, 3.05) is 7.11 Å². The molecule has 3 aromatic heterocycles. The Morgan fingerprint density at radius 3 is 3.13 bits per heavy atom. The summed E-state index contributed by atoms with van der Waals surface area (Å²) in [6.07, 6.45) is 5.49. The predicted octanol–water partition coefficient (Wildman–Crippen LogP) is 1.77. The SMILES string of the molecule is COc1cccc(-c2noc(Cc3cnc4ncnn4c3)n2)c1. The molecule has 8 nitrogen and oxygen atoms in total. The van der Waals surface area contributed by atoms with Crippen molar-refractivity contribution < 1.29 is 9.26 Å². The van der Waals surface area contributed by atoms with E-state index in [2.05, 4.69) is 25.2 Å². The van der Waals surface area contributed by atoms with Crippen LogP contribution in [0.3, 0.4) is 0 Å². The third-order valence-corrected chi connectivity index (χ3v) is 3.34. The number of fused-ring (bicyclic) bond motifs is 1. The lowest BCUT2D eigenvalue weighted by atomic mass is 10.2. The van der Waals surface area contributed by atoms with Crippen molar-refractivity contribution in [3.05, 3.63) is 54.4 Å². The molecule has 0 bridgehead atoms. The van der Waals surface area contributed by atoms with Gasteiger partial charge in [-0.1, -0.05) is 17.3 Å². The van der Waals surface area contributed by atoms with Crippen LogP contribution in [-0.2, 0) is 6.42 Å². The highest BCUT2D eigenvalue weighted by atomic mass is 16.5. The second-order valence-corrected chi connectivity index (χ2v) is 4.89. The molecule has 0 saturated carbocycles. The van der Waals surface area contributed by atoms with Gasteiger partial charge in [0, 0.05) is 18.0 Å². The first-order chi connectivity index (χ1) is 11.3. The van der Waals surface area contributed by atoms with Gasteiger partial charge in [0.2, 0.25) is 11.7 Å². The lowest BCUT2D eigenvalue weighted by Crippen LogP contribution is -1.96. The minimum atomic E-state index is 0.472. The number of hydrogen-bond donors (Lipinski definition) is 0. The Bertz CT molecular complexity index is 961.